The van der Waals surface area contributed by atoms with E-state index in [1.165, 1.54) is 0 Å². The van der Waals surface area contributed by atoms with Crippen LogP contribution in [0.4, 0.5) is 10.1 Å². The van der Waals surface area contributed by atoms with E-state index in [2.05, 4.69) is 0 Å². The Kier molecular flexibility index (Phi) is 3.05. The van der Waals surface area contributed by atoms with E-state index in [1.54, 1.807) is 31.1 Å². The molecular formula is C10H12FN3. The van der Waals surface area contributed by atoms with Crippen molar-refractivity contribution in [3.8, 4) is 6.07 Å². The van der Waals surface area contributed by atoms with Gasteiger partial charge >= 0.3 is 0 Å². The number of nitrogens with two attached hydrogens (primary N) is 1. The molecule has 0 spiro atoms. The Morgan fingerprint density at radius 2 is 2.14 bits per heavy atom. The van der Waals surface area contributed by atoms with Crippen LogP contribution in [0.2, 0.25) is 0 Å². The monoisotopic (exact) mass is 193 g/mol. The lowest BCUT2D eigenvalue weighted by atomic mass is 10.1. The summed E-state index contributed by atoms with van der Waals surface area (Å²) in [6.45, 7) is 0.105. The summed E-state index contributed by atoms with van der Waals surface area (Å²) >= 11 is 0. The molecule has 0 aliphatic rings. The van der Waals surface area contributed by atoms with Crippen LogP contribution < -0.4 is 10.6 Å². The van der Waals surface area contributed by atoms with Crippen molar-refractivity contribution in [2.75, 3.05) is 19.0 Å². The standard InChI is InChI=1S/C10H12FN3/c1-14(2)9-4-3-7(5-12)10(11)8(9)6-13/h3-4H,5,12H2,1-2H3. The van der Waals surface area contributed by atoms with Crippen molar-refractivity contribution < 1.29 is 4.39 Å². The fourth-order valence-corrected chi connectivity index (χ4v) is 1.25. The van der Waals surface area contributed by atoms with Gasteiger partial charge in [0.2, 0.25) is 0 Å². The molecule has 0 aliphatic carbocycles. The van der Waals surface area contributed by atoms with E-state index in [9.17, 15) is 4.39 Å². The molecule has 0 bridgehead atoms. The van der Waals surface area contributed by atoms with Gasteiger partial charge in [-0.3, -0.25) is 0 Å². The lowest BCUT2D eigenvalue weighted by molar-refractivity contribution is 0.606. The van der Waals surface area contributed by atoms with Crippen molar-refractivity contribution in [1.82, 2.24) is 0 Å². The van der Waals surface area contributed by atoms with Crippen LogP contribution in [0.15, 0.2) is 12.1 Å². The van der Waals surface area contributed by atoms with Gasteiger partial charge in [-0.15, -0.1) is 0 Å². The van der Waals surface area contributed by atoms with Crippen molar-refractivity contribution in [2.45, 2.75) is 6.54 Å². The summed E-state index contributed by atoms with van der Waals surface area (Å²) in [5, 5.41) is 8.81. The molecule has 2 N–H and O–H groups in total. The molecule has 0 unspecified atom stereocenters. The first-order valence-corrected chi connectivity index (χ1v) is 4.20. The fourth-order valence-electron chi connectivity index (χ4n) is 1.25. The third-order valence-corrected chi connectivity index (χ3v) is 2.01. The number of rotatable bonds is 2. The highest BCUT2D eigenvalue weighted by Crippen LogP contribution is 2.23. The van der Waals surface area contributed by atoms with Crippen LogP contribution in [0.3, 0.4) is 0 Å². The molecule has 1 aromatic rings. The molecule has 0 fully saturated rings. The maximum Gasteiger partial charge on any atom is 0.147 e. The Hall–Kier alpha value is -1.60. The zero-order valence-electron chi connectivity index (χ0n) is 8.21. The van der Waals surface area contributed by atoms with Gasteiger partial charge < -0.3 is 10.6 Å². The van der Waals surface area contributed by atoms with Gasteiger partial charge in [0, 0.05) is 26.2 Å². The number of nitrogens with zero attached hydrogens (tertiary/aromatic N) is 2. The second-order valence-electron chi connectivity index (χ2n) is 3.14. The van der Waals surface area contributed by atoms with Crippen LogP contribution in [0.5, 0.6) is 0 Å². The number of nitriles is 1. The lowest BCUT2D eigenvalue weighted by Crippen LogP contribution is -2.13. The highest BCUT2D eigenvalue weighted by Gasteiger charge is 2.13. The summed E-state index contributed by atoms with van der Waals surface area (Å²) in [6, 6.07) is 5.15. The van der Waals surface area contributed by atoms with Crippen LogP contribution in [-0.4, -0.2) is 14.1 Å². The Morgan fingerprint density at radius 1 is 1.50 bits per heavy atom. The zero-order chi connectivity index (χ0) is 10.7. The third kappa shape index (κ3) is 1.68. The van der Waals surface area contributed by atoms with E-state index in [1.807, 2.05) is 6.07 Å². The van der Waals surface area contributed by atoms with Gasteiger partial charge in [0.15, 0.2) is 0 Å². The van der Waals surface area contributed by atoms with Crippen molar-refractivity contribution >= 4 is 5.69 Å². The van der Waals surface area contributed by atoms with Crippen molar-refractivity contribution in [3.63, 3.8) is 0 Å². The minimum Gasteiger partial charge on any atom is -0.377 e. The maximum atomic E-state index is 13.6. The second-order valence-corrected chi connectivity index (χ2v) is 3.14. The van der Waals surface area contributed by atoms with Gasteiger partial charge in [-0.25, -0.2) is 4.39 Å². The van der Waals surface area contributed by atoms with Gasteiger partial charge in [-0.2, -0.15) is 5.26 Å². The fraction of sp³-hybridized carbons (Fsp3) is 0.300. The number of anilines is 1. The minimum absolute atomic E-state index is 0.0537. The zero-order valence-corrected chi connectivity index (χ0v) is 8.21. The highest BCUT2D eigenvalue weighted by molar-refractivity contribution is 5.60. The van der Waals surface area contributed by atoms with Crippen molar-refractivity contribution in [3.05, 3.63) is 29.1 Å². The third-order valence-electron chi connectivity index (χ3n) is 2.01. The van der Waals surface area contributed by atoms with E-state index in [4.69, 9.17) is 11.0 Å². The van der Waals surface area contributed by atoms with E-state index in [-0.39, 0.29) is 12.1 Å². The summed E-state index contributed by atoms with van der Waals surface area (Å²) in [6.07, 6.45) is 0. The van der Waals surface area contributed by atoms with Crippen LogP contribution in [0, 0.1) is 17.1 Å². The summed E-state index contributed by atoms with van der Waals surface area (Å²) < 4.78 is 13.6. The molecule has 3 nitrogen and oxygen atoms in total. The molecule has 74 valence electrons. The SMILES string of the molecule is CN(C)c1ccc(CN)c(F)c1C#N. The van der Waals surface area contributed by atoms with Gasteiger partial charge in [0.05, 0.1) is 5.69 Å². The van der Waals surface area contributed by atoms with Crippen LogP contribution in [0.25, 0.3) is 0 Å². The smallest absolute Gasteiger partial charge is 0.147 e. The maximum absolute atomic E-state index is 13.6. The second kappa shape index (κ2) is 4.07. The average molecular weight is 193 g/mol. The minimum atomic E-state index is -0.513. The Morgan fingerprint density at radius 3 is 2.57 bits per heavy atom. The molecule has 0 atom stereocenters. The van der Waals surface area contributed by atoms with Gasteiger partial charge in [-0.1, -0.05) is 6.07 Å². The molecule has 0 saturated carbocycles. The van der Waals surface area contributed by atoms with Crippen LogP contribution >= 0.6 is 0 Å². The number of hydrogen-bond donors (Lipinski definition) is 1. The van der Waals surface area contributed by atoms with E-state index >= 15 is 0 Å². The molecular weight excluding hydrogens is 181 g/mol. The van der Waals surface area contributed by atoms with E-state index in [0.717, 1.165) is 0 Å². The molecule has 0 heterocycles. The van der Waals surface area contributed by atoms with Crippen LogP contribution in [-0.2, 0) is 6.54 Å². The molecule has 0 saturated heterocycles. The predicted molar refractivity (Wildman–Crippen MR) is 53.3 cm³/mol. The molecule has 1 aromatic carbocycles. The van der Waals surface area contributed by atoms with Gasteiger partial charge in [-0.05, 0) is 6.07 Å². The first kappa shape index (κ1) is 10.5. The van der Waals surface area contributed by atoms with E-state index in [0.29, 0.717) is 11.3 Å². The first-order valence-electron chi connectivity index (χ1n) is 4.20. The Balaban J connectivity index is 3.38. The normalized spacial score (nSPS) is 9.64. The average Bonchev–Trinajstić information content (AvgIpc) is 2.17. The number of benzene rings is 1. The van der Waals surface area contributed by atoms with Gasteiger partial charge in [0.25, 0.3) is 0 Å². The van der Waals surface area contributed by atoms with Crippen molar-refractivity contribution in [1.29, 1.82) is 5.26 Å². The molecule has 0 amide bonds. The predicted octanol–water partition coefficient (Wildman–Crippen LogP) is 1.22. The van der Waals surface area contributed by atoms with E-state index < -0.39 is 5.82 Å². The van der Waals surface area contributed by atoms with Crippen LogP contribution in [0.1, 0.15) is 11.1 Å². The summed E-state index contributed by atoms with van der Waals surface area (Å²) in [4.78, 5) is 1.70. The summed E-state index contributed by atoms with van der Waals surface area (Å²) in [5.41, 5.74) is 6.33. The largest absolute Gasteiger partial charge is 0.377 e. The molecule has 0 aromatic heterocycles. The van der Waals surface area contributed by atoms with Crippen molar-refractivity contribution in [2.24, 2.45) is 5.73 Å². The molecule has 0 radical (unpaired) electrons. The number of hydrogen-bond acceptors (Lipinski definition) is 3. The Labute approximate surface area is 82.5 Å². The quantitative estimate of drug-likeness (QED) is 0.768. The van der Waals surface area contributed by atoms with Gasteiger partial charge in [0.1, 0.15) is 17.4 Å². The molecule has 14 heavy (non-hydrogen) atoms. The summed E-state index contributed by atoms with van der Waals surface area (Å²) in [5.74, 6) is -0.513. The number of halogens is 1. The molecule has 0 aliphatic heterocycles. The Bertz CT molecular complexity index is 380. The summed E-state index contributed by atoms with van der Waals surface area (Å²) in [7, 11) is 3.52. The molecule has 1 rings (SSSR count). The highest BCUT2D eigenvalue weighted by atomic mass is 19.1. The first-order chi connectivity index (χ1) is 6.61. The lowest BCUT2D eigenvalue weighted by Gasteiger charge is -2.15. The topological polar surface area (TPSA) is 53.0 Å². The molecule has 4 heteroatoms.